The molecule has 0 bridgehead atoms. The third-order valence-electron chi connectivity index (χ3n) is 3.41. The number of allylic oxidation sites excluding steroid dienone is 1. The van der Waals surface area contributed by atoms with E-state index < -0.39 is 5.78 Å². The highest BCUT2D eigenvalue weighted by molar-refractivity contribution is 9.10. The normalized spacial score (nSPS) is 10.8. The van der Waals surface area contributed by atoms with Crippen molar-refractivity contribution in [3.8, 4) is 23.0 Å². The topological polar surface area (TPSA) is 65.0 Å². The van der Waals surface area contributed by atoms with E-state index in [1.54, 1.807) is 18.2 Å². The Morgan fingerprint density at radius 2 is 1.68 bits per heavy atom. The fourth-order valence-electron chi connectivity index (χ4n) is 2.21. The maximum Gasteiger partial charge on any atom is 0.203 e. The number of carbonyl (C=O) groups is 1. The first-order valence-corrected chi connectivity index (χ1v) is 8.28. The monoisotopic (exact) mass is 426 g/mol. The summed E-state index contributed by atoms with van der Waals surface area (Å²) in [6, 6.07) is 6.33. The van der Waals surface area contributed by atoms with Crippen LogP contribution in [0.3, 0.4) is 0 Å². The fraction of sp³-hybridized carbons (Fsp3) is 0.167. The second-order valence-electron chi connectivity index (χ2n) is 4.94. The molecule has 132 valence electrons. The average Bonchev–Trinajstić information content (AvgIpc) is 2.61. The lowest BCUT2D eigenvalue weighted by molar-refractivity contribution is 0.104. The number of ether oxygens (including phenoxy) is 3. The standard InChI is InChI=1S/C18H16BrClO5/c1-23-15-6-10(7-16(24-2)18(15)25-3)4-5-14(21)12-8-11(20)9-13(19)17(12)22/h4-9,22H,1-3H3/b5-4+. The number of hydrogen-bond acceptors (Lipinski definition) is 5. The lowest BCUT2D eigenvalue weighted by Gasteiger charge is -2.12. The van der Waals surface area contributed by atoms with E-state index in [0.717, 1.165) is 0 Å². The first kappa shape index (κ1) is 19.1. The van der Waals surface area contributed by atoms with Gasteiger partial charge >= 0.3 is 0 Å². The maximum absolute atomic E-state index is 12.4. The SMILES string of the molecule is COc1cc(/C=C/C(=O)c2cc(Cl)cc(Br)c2O)cc(OC)c1OC. The van der Waals surface area contributed by atoms with Crippen LogP contribution in [0.5, 0.6) is 23.0 Å². The van der Waals surface area contributed by atoms with Crippen molar-refractivity contribution in [3.05, 3.63) is 51.0 Å². The van der Waals surface area contributed by atoms with Gasteiger partial charge in [-0.3, -0.25) is 4.79 Å². The molecule has 7 heteroatoms. The zero-order chi connectivity index (χ0) is 18.6. The van der Waals surface area contributed by atoms with Crippen LogP contribution in [0.1, 0.15) is 15.9 Å². The van der Waals surface area contributed by atoms with E-state index in [4.69, 9.17) is 25.8 Å². The predicted octanol–water partition coefficient (Wildman–Crippen LogP) is 4.73. The lowest BCUT2D eigenvalue weighted by Crippen LogP contribution is -1.97. The molecule has 2 aromatic rings. The molecule has 0 heterocycles. The zero-order valence-corrected chi connectivity index (χ0v) is 16.1. The molecule has 0 amide bonds. The Balaban J connectivity index is 2.38. The minimum atomic E-state index is -0.394. The van der Waals surface area contributed by atoms with Crippen LogP contribution < -0.4 is 14.2 Å². The molecule has 5 nitrogen and oxygen atoms in total. The summed E-state index contributed by atoms with van der Waals surface area (Å²) in [6.45, 7) is 0. The van der Waals surface area contributed by atoms with E-state index in [0.29, 0.717) is 32.3 Å². The third kappa shape index (κ3) is 4.27. The smallest absolute Gasteiger partial charge is 0.203 e. The van der Waals surface area contributed by atoms with Gasteiger partial charge in [-0.15, -0.1) is 0 Å². The molecular weight excluding hydrogens is 412 g/mol. The number of halogens is 2. The summed E-state index contributed by atoms with van der Waals surface area (Å²) in [5, 5.41) is 10.3. The number of aromatic hydroxyl groups is 1. The van der Waals surface area contributed by atoms with Gasteiger partial charge in [-0.1, -0.05) is 17.7 Å². The second kappa shape index (κ2) is 8.27. The highest BCUT2D eigenvalue weighted by Crippen LogP contribution is 2.38. The largest absolute Gasteiger partial charge is 0.506 e. The maximum atomic E-state index is 12.4. The van der Waals surface area contributed by atoms with Crippen LogP contribution in [-0.2, 0) is 0 Å². The number of benzene rings is 2. The molecule has 2 rings (SSSR count). The summed E-state index contributed by atoms with van der Waals surface area (Å²) >= 11 is 9.09. The Morgan fingerprint density at radius 1 is 1.08 bits per heavy atom. The molecular formula is C18H16BrClO5. The van der Waals surface area contributed by atoms with Gasteiger partial charge in [-0.05, 0) is 51.8 Å². The summed E-state index contributed by atoms with van der Waals surface area (Å²) in [5.74, 6) is 0.855. The van der Waals surface area contributed by atoms with Crippen LogP contribution in [0.25, 0.3) is 6.08 Å². The van der Waals surface area contributed by atoms with Crippen LogP contribution in [0.2, 0.25) is 5.02 Å². The van der Waals surface area contributed by atoms with E-state index in [-0.39, 0.29) is 11.3 Å². The Kier molecular flexibility index (Phi) is 6.33. The Bertz CT molecular complexity index is 807. The molecule has 25 heavy (non-hydrogen) atoms. The second-order valence-corrected chi connectivity index (χ2v) is 6.23. The lowest BCUT2D eigenvalue weighted by atomic mass is 10.1. The van der Waals surface area contributed by atoms with E-state index in [2.05, 4.69) is 15.9 Å². The molecule has 0 fully saturated rings. The zero-order valence-electron chi connectivity index (χ0n) is 13.8. The van der Waals surface area contributed by atoms with Gasteiger partial charge in [0.25, 0.3) is 0 Å². The van der Waals surface area contributed by atoms with E-state index in [1.807, 2.05) is 0 Å². The van der Waals surface area contributed by atoms with Crippen molar-refractivity contribution in [1.29, 1.82) is 0 Å². The van der Waals surface area contributed by atoms with Crippen LogP contribution in [0.15, 0.2) is 34.8 Å². The number of rotatable bonds is 6. The van der Waals surface area contributed by atoms with E-state index >= 15 is 0 Å². The molecule has 0 saturated carbocycles. The van der Waals surface area contributed by atoms with Crippen LogP contribution in [-0.4, -0.2) is 32.2 Å². The van der Waals surface area contributed by atoms with Crippen molar-refractivity contribution in [2.75, 3.05) is 21.3 Å². The van der Waals surface area contributed by atoms with Crippen molar-refractivity contribution in [1.82, 2.24) is 0 Å². The van der Waals surface area contributed by atoms with Crippen LogP contribution in [0.4, 0.5) is 0 Å². The summed E-state index contributed by atoms with van der Waals surface area (Å²) in [4.78, 5) is 12.4. The van der Waals surface area contributed by atoms with Gasteiger partial charge in [0.05, 0.1) is 31.4 Å². The molecule has 2 aromatic carbocycles. The van der Waals surface area contributed by atoms with Gasteiger partial charge in [-0.25, -0.2) is 0 Å². The summed E-state index contributed by atoms with van der Waals surface area (Å²) in [5.41, 5.74) is 0.770. The van der Waals surface area contributed by atoms with Gasteiger partial charge in [0.15, 0.2) is 17.3 Å². The molecule has 0 saturated heterocycles. The van der Waals surface area contributed by atoms with Gasteiger partial charge in [0, 0.05) is 5.02 Å². The molecule has 0 aromatic heterocycles. The quantitative estimate of drug-likeness (QED) is 0.533. The Hall–Kier alpha value is -2.18. The number of carbonyl (C=O) groups excluding carboxylic acids is 1. The highest BCUT2D eigenvalue weighted by Gasteiger charge is 2.14. The number of ketones is 1. The first-order chi connectivity index (χ1) is 11.9. The van der Waals surface area contributed by atoms with Crippen molar-refractivity contribution >= 4 is 39.4 Å². The first-order valence-electron chi connectivity index (χ1n) is 7.11. The molecule has 0 atom stereocenters. The summed E-state index contributed by atoms with van der Waals surface area (Å²) in [7, 11) is 4.54. The van der Waals surface area contributed by atoms with E-state index in [1.165, 1.54) is 39.5 Å². The van der Waals surface area contributed by atoms with Gasteiger partial charge in [0.1, 0.15) is 5.75 Å². The van der Waals surface area contributed by atoms with Gasteiger partial charge in [0.2, 0.25) is 5.75 Å². The van der Waals surface area contributed by atoms with Crippen molar-refractivity contribution in [2.45, 2.75) is 0 Å². The molecule has 0 radical (unpaired) electrons. The molecule has 0 aliphatic carbocycles. The van der Waals surface area contributed by atoms with Crippen LogP contribution in [0, 0.1) is 0 Å². The van der Waals surface area contributed by atoms with Crippen molar-refractivity contribution in [2.24, 2.45) is 0 Å². The number of phenols is 1. The minimum Gasteiger partial charge on any atom is -0.506 e. The molecule has 0 aliphatic rings. The summed E-state index contributed by atoms with van der Waals surface area (Å²) < 4.78 is 16.2. The average molecular weight is 428 g/mol. The number of hydrogen-bond donors (Lipinski definition) is 1. The predicted molar refractivity (Wildman–Crippen MR) is 100 cm³/mol. The third-order valence-corrected chi connectivity index (χ3v) is 4.23. The van der Waals surface area contributed by atoms with Crippen molar-refractivity contribution in [3.63, 3.8) is 0 Å². The van der Waals surface area contributed by atoms with Gasteiger partial charge < -0.3 is 19.3 Å². The van der Waals surface area contributed by atoms with Crippen molar-refractivity contribution < 1.29 is 24.1 Å². The molecule has 0 aliphatic heterocycles. The number of methoxy groups -OCH3 is 3. The van der Waals surface area contributed by atoms with Crippen LogP contribution >= 0.6 is 27.5 Å². The molecule has 1 N–H and O–H groups in total. The molecule has 0 spiro atoms. The Labute approximate surface area is 158 Å². The van der Waals surface area contributed by atoms with E-state index in [9.17, 15) is 9.90 Å². The van der Waals surface area contributed by atoms with Gasteiger partial charge in [-0.2, -0.15) is 0 Å². The number of phenolic OH excluding ortho intramolecular Hbond substituents is 1. The minimum absolute atomic E-state index is 0.100. The fourth-order valence-corrected chi connectivity index (χ4v) is 3.02. The molecule has 0 unspecified atom stereocenters. The highest BCUT2D eigenvalue weighted by atomic mass is 79.9. The Morgan fingerprint density at radius 3 is 2.20 bits per heavy atom. The summed E-state index contributed by atoms with van der Waals surface area (Å²) in [6.07, 6.45) is 2.92.